The predicted molar refractivity (Wildman–Crippen MR) is 60.7 cm³/mol. The molecule has 0 radical (unpaired) electrons. The maximum absolute atomic E-state index is 12.8. The van der Waals surface area contributed by atoms with Crippen LogP contribution in [0.2, 0.25) is 0 Å². The highest BCUT2D eigenvalue weighted by Crippen LogP contribution is 2.35. The van der Waals surface area contributed by atoms with Crippen LogP contribution in [0.4, 0.5) is 18.9 Å². The number of carbonyl (C=O) groups is 1. The Labute approximate surface area is 102 Å². The van der Waals surface area contributed by atoms with E-state index in [0.29, 0.717) is 0 Å². The lowest BCUT2D eigenvalue weighted by Crippen LogP contribution is -2.16. The second-order valence-electron chi connectivity index (χ2n) is 4.34. The van der Waals surface area contributed by atoms with E-state index < -0.39 is 11.7 Å². The average molecular weight is 258 g/mol. The summed E-state index contributed by atoms with van der Waals surface area (Å²) in [6.07, 6.45) is -2.85. The van der Waals surface area contributed by atoms with E-state index in [1.807, 2.05) is 0 Å². The van der Waals surface area contributed by atoms with Crippen LogP contribution in [-0.2, 0) is 17.5 Å². The molecule has 1 fully saturated rings. The van der Waals surface area contributed by atoms with Gasteiger partial charge >= 0.3 is 6.18 Å². The van der Waals surface area contributed by atoms with Gasteiger partial charge in [0, 0.05) is 18.2 Å². The summed E-state index contributed by atoms with van der Waals surface area (Å²) >= 11 is 0. The van der Waals surface area contributed by atoms with Gasteiger partial charge in [-0.3, -0.25) is 4.79 Å². The Bertz CT molecular complexity index is 467. The molecule has 1 amide bonds. The lowest BCUT2D eigenvalue weighted by atomic mass is 10.1. The van der Waals surface area contributed by atoms with Gasteiger partial charge in [0.15, 0.2) is 0 Å². The fraction of sp³-hybridized carbons (Fsp3) is 0.417. The van der Waals surface area contributed by atoms with Crippen LogP contribution in [-0.4, -0.2) is 5.91 Å². The smallest absolute Gasteiger partial charge is 0.326 e. The van der Waals surface area contributed by atoms with Gasteiger partial charge in [-0.2, -0.15) is 13.2 Å². The number of hydrogen-bond acceptors (Lipinski definition) is 2. The highest BCUT2D eigenvalue weighted by molar-refractivity contribution is 5.94. The van der Waals surface area contributed by atoms with Gasteiger partial charge in [-0.05, 0) is 30.5 Å². The minimum atomic E-state index is -4.46. The van der Waals surface area contributed by atoms with Gasteiger partial charge in [0.05, 0.1) is 5.56 Å². The normalized spacial score (nSPS) is 15.6. The van der Waals surface area contributed by atoms with Crippen molar-refractivity contribution in [2.75, 3.05) is 5.32 Å². The maximum Gasteiger partial charge on any atom is 0.416 e. The highest BCUT2D eigenvalue weighted by Gasteiger charge is 2.34. The Hall–Kier alpha value is -1.56. The molecule has 0 spiro atoms. The number of rotatable bonds is 3. The molecule has 0 aliphatic heterocycles. The standard InChI is InChI=1S/C12H13F3N2O/c13-12(14,15)10-5-9(4-3-8(10)6-16)17-11(18)7-1-2-7/h3-5,7H,1-2,6,16H2,(H,17,18). The summed E-state index contributed by atoms with van der Waals surface area (Å²) in [4.78, 5) is 11.5. The number of benzene rings is 1. The third-order valence-corrected chi connectivity index (χ3v) is 2.85. The maximum atomic E-state index is 12.8. The molecule has 2 rings (SSSR count). The zero-order chi connectivity index (χ0) is 13.3. The largest absolute Gasteiger partial charge is 0.416 e. The van der Waals surface area contributed by atoms with E-state index in [9.17, 15) is 18.0 Å². The molecule has 3 N–H and O–H groups in total. The minimum absolute atomic E-state index is 0.0203. The summed E-state index contributed by atoms with van der Waals surface area (Å²) in [6, 6.07) is 3.67. The summed E-state index contributed by atoms with van der Waals surface area (Å²) < 4.78 is 38.3. The number of nitrogens with one attached hydrogen (secondary N) is 1. The van der Waals surface area contributed by atoms with Crippen LogP contribution in [0.5, 0.6) is 0 Å². The SMILES string of the molecule is NCc1ccc(NC(=O)C2CC2)cc1C(F)(F)F. The zero-order valence-electron chi connectivity index (χ0n) is 9.55. The Morgan fingerprint density at radius 3 is 2.56 bits per heavy atom. The third kappa shape index (κ3) is 2.81. The second kappa shape index (κ2) is 4.61. The van der Waals surface area contributed by atoms with E-state index >= 15 is 0 Å². The molecule has 3 nitrogen and oxygen atoms in total. The molecule has 18 heavy (non-hydrogen) atoms. The van der Waals surface area contributed by atoms with Crippen molar-refractivity contribution in [2.24, 2.45) is 11.7 Å². The first kappa shape index (κ1) is 12.9. The molecule has 0 bridgehead atoms. The van der Waals surface area contributed by atoms with Crippen LogP contribution in [0.25, 0.3) is 0 Å². The number of halogens is 3. The van der Waals surface area contributed by atoms with Crippen molar-refractivity contribution in [3.05, 3.63) is 29.3 Å². The fourth-order valence-corrected chi connectivity index (χ4v) is 1.69. The Kier molecular flexibility index (Phi) is 3.30. The first-order valence-electron chi connectivity index (χ1n) is 5.63. The summed E-state index contributed by atoms with van der Waals surface area (Å²) in [7, 11) is 0. The third-order valence-electron chi connectivity index (χ3n) is 2.85. The van der Waals surface area contributed by atoms with Gasteiger partial charge < -0.3 is 11.1 Å². The molecule has 1 saturated carbocycles. The topological polar surface area (TPSA) is 55.1 Å². The molecule has 6 heteroatoms. The van der Waals surface area contributed by atoms with E-state index in [-0.39, 0.29) is 29.6 Å². The number of nitrogens with two attached hydrogens (primary N) is 1. The van der Waals surface area contributed by atoms with Crippen molar-refractivity contribution in [1.82, 2.24) is 0 Å². The van der Waals surface area contributed by atoms with Gasteiger partial charge in [0.25, 0.3) is 0 Å². The van der Waals surface area contributed by atoms with Gasteiger partial charge in [-0.25, -0.2) is 0 Å². The highest BCUT2D eigenvalue weighted by atomic mass is 19.4. The van der Waals surface area contributed by atoms with E-state index in [4.69, 9.17) is 5.73 Å². The molecule has 0 unspecified atom stereocenters. The number of alkyl halides is 3. The van der Waals surface area contributed by atoms with Gasteiger partial charge in [-0.1, -0.05) is 6.07 Å². The molecular formula is C12H13F3N2O. The lowest BCUT2D eigenvalue weighted by Gasteiger charge is -2.14. The monoisotopic (exact) mass is 258 g/mol. The molecule has 0 heterocycles. The molecule has 98 valence electrons. The number of amides is 1. The van der Waals surface area contributed by atoms with Crippen molar-refractivity contribution in [3.63, 3.8) is 0 Å². The summed E-state index contributed by atoms with van der Waals surface area (Å²) in [5, 5.41) is 2.49. The van der Waals surface area contributed by atoms with Crippen LogP contribution in [0.15, 0.2) is 18.2 Å². The van der Waals surface area contributed by atoms with E-state index in [0.717, 1.165) is 18.9 Å². The molecule has 1 aliphatic carbocycles. The van der Waals surface area contributed by atoms with Crippen LogP contribution in [0, 0.1) is 5.92 Å². The van der Waals surface area contributed by atoms with Crippen LogP contribution in [0.3, 0.4) is 0 Å². The first-order chi connectivity index (χ1) is 8.41. The first-order valence-corrected chi connectivity index (χ1v) is 5.63. The molecule has 0 saturated heterocycles. The van der Waals surface area contributed by atoms with E-state index in [1.165, 1.54) is 12.1 Å². The summed E-state index contributed by atoms with van der Waals surface area (Å²) in [5.41, 5.74) is 4.66. The van der Waals surface area contributed by atoms with Crippen LogP contribution < -0.4 is 11.1 Å². The van der Waals surface area contributed by atoms with Gasteiger partial charge in [-0.15, -0.1) is 0 Å². The van der Waals surface area contributed by atoms with Crippen molar-refractivity contribution < 1.29 is 18.0 Å². The van der Waals surface area contributed by atoms with Crippen molar-refractivity contribution in [1.29, 1.82) is 0 Å². The molecule has 1 aromatic carbocycles. The van der Waals surface area contributed by atoms with Crippen molar-refractivity contribution in [3.8, 4) is 0 Å². The van der Waals surface area contributed by atoms with Crippen LogP contribution in [0.1, 0.15) is 24.0 Å². The quantitative estimate of drug-likeness (QED) is 0.875. The number of anilines is 1. The second-order valence-corrected chi connectivity index (χ2v) is 4.34. The molecule has 0 aromatic heterocycles. The van der Waals surface area contributed by atoms with Crippen LogP contribution >= 0.6 is 0 Å². The predicted octanol–water partition coefficient (Wildman–Crippen LogP) is 2.51. The van der Waals surface area contributed by atoms with Gasteiger partial charge in [0.2, 0.25) is 5.91 Å². The summed E-state index contributed by atoms with van der Waals surface area (Å²) in [6.45, 7) is -0.189. The zero-order valence-corrected chi connectivity index (χ0v) is 9.55. The minimum Gasteiger partial charge on any atom is -0.326 e. The van der Waals surface area contributed by atoms with Crippen molar-refractivity contribution in [2.45, 2.75) is 25.6 Å². The molecule has 1 aromatic rings. The van der Waals surface area contributed by atoms with E-state index in [2.05, 4.69) is 5.32 Å². The van der Waals surface area contributed by atoms with E-state index in [1.54, 1.807) is 0 Å². The molecular weight excluding hydrogens is 245 g/mol. The Morgan fingerprint density at radius 1 is 1.39 bits per heavy atom. The van der Waals surface area contributed by atoms with Gasteiger partial charge in [0.1, 0.15) is 0 Å². The van der Waals surface area contributed by atoms with Crippen molar-refractivity contribution >= 4 is 11.6 Å². The fourth-order valence-electron chi connectivity index (χ4n) is 1.69. The summed E-state index contributed by atoms with van der Waals surface area (Å²) in [5.74, 6) is -0.267. The number of hydrogen-bond donors (Lipinski definition) is 2. The molecule has 1 aliphatic rings. The molecule has 0 atom stereocenters. The average Bonchev–Trinajstić information content (AvgIpc) is 3.11. The number of carbonyl (C=O) groups excluding carboxylic acids is 1. The lowest BCUT2D eigenvalue weighted by molar-refractivity contribution is -0.138. The Balaban J connectivity index is 2.24. The Morgan fingerprint density at radius 2 is 2.06 bits per heavy atom.